The molecule has 0 bridgehead atoms. The van der Waals surface area contributed by atoms with Crippen LogP contribution in [0.1, 0.15) is 12.0 Å². The Kier molecular flexibility index (Phi) is 4.14. The summed E-state index contributed by atoms with van der Waals surface area (Å²) < 4.78 is 58.7. The maximum absolute atomic E-state index is 12.9. The quantitative estimate of drug-likeness (QED) is 0.686. The van der Waals surface area contributed by atoms with Crippen LogP contribution in [0.3, 0.4) is 0 Å². The molecule has 0 N–H and O–H groups in total. The second-order valence-corrected chi connectivity index (χ2v) is 7.20. The number of hydrogen-bond acceptors (Lipinski definition) is 6. The molecule has 0 aliphatic heterocycles. The number of hydrogen-bond donors (Lipinski definition) is 0. The highest BCUT2D eigenvalue weighted by atomic mass is 35.5. The number of benzene rings is 1. The van der Waals surface area contributed by atoms with Crippen LogP contribution in [0.15, 0.2) is 44.4 Å². The first-order valence-corrected chi connectivity index (χ1v) is 8.74. The van der Waals surface area contributed by atoms with E-state index in [-0.39, 0.29) is 38.7 Å². The van der Waals surface area contributed by atoms with E-state index in [1.807, 2.05) is 0 Å². The average Bonchev–Trinajstić information content (AvgIpc) is 3.15. The summed E-state index contributed by atoms with van der Waals surface area (Å²) in [5, 5.41) is 3.35. The molecule has 0 spiro atoms. The lowest BCUT2D eigenvalue weighted by Gasteiger charge is -2.03. The van der Waals surface area contributed by atoms with E-state index in [1.165, 1.54) is 24.3 Å². The Morgan fingerprint density at radius 2 is 1.96 bits per heavy atom. The molecule has 2 heterocycles. The third kappa shape index (κ3) is 3.17. The van der Waals surface area contributed by atoms with Crippen LogP contribution in [0.2, 0.25) is 5.02 Å². The van der Waals surface area contributed by atoms with E-state index >= 15 is 0 Å². The molecule has 1 aromatic carbocycles. The van der Waals surface area contributed by atoms with Gasteiger partial charge in [-0.3, -0.25) is 0 Å². The van der Waals surface area contributed by atoms with Gasteiger partial charge in [-0.05, 0) is 30.3 Å². The van der Waals surface area contributed by atoms with Crippen molar-refractivity contribution >= 4 is 21.4 Å². The highest BCUT2D eigenvalue weighted by molar-refractivity contribution is 7.90. The number of nitrogens with zero attached hydrogens (tertiary/aromatic N) is 2. The predicted octanol–water partition coefficient (Wildman–Crippen LogP) is 3.99. The summed E-state index contributed by atoms with van der Waals surface area (Å²) in [5.41, 5.74) is -0.102. The van der Waals surface area contributed by atoms with Crippen LogP contribution in [0, 0.1) is 0 Å². The molecule has 0 saturated carbocycles. The van der Waals surface area contributed by atoms with Gasteiger partial charge in [0.25, 0.3) is 12.3 Å². The Hall–Kier alpha value is -2.26. The van der Waals surface area contributed by atoms with Crippen LogP contribution in [0.5, 0.6) is 0 Å². The summed E-state index contributed by atoms with van der Waals surface area (Å²) in [5.74, 6) is 0.0443. The number of aromatic nitrogens is 2. The van der Waals surface area contributed by atoms with E-state index in [1.54, 1.807) is 0 Å². The minimum atomic E-state index is -3.51. The zero-order valence-corrected chi connectivity index (χ0v) is 13.6. The van der Waals surface area contributed by atoms with Gasteiger partial charge in [0.05, 0.1) is 0 Å². The Labute approximate surface area is 140 Å². The number of alkyl halides is 2. The minimum Gasteiger partial charge on any atom is -0.441 e. The maximum Gasteiger partial charge on any atom is 0.265 e. The topological polar surface area (TPSA) is 86.2 Å². The Bertz CT molecular complexity index is 998. The Morgan fingerprint density at radius 1 is 1.21 bits per heavy atom. The van der Waals surface area contributed by atoms with Gasteiger partial charge < -0.3 is 8.94 Å². The van der Waals surface area contributed by atoms with Gasteiger partial charge in [0.1, 0.15) is 0 Å². The van der Waals surface area contributed by atoms with Gasteiger partial charge >= 0.3 is 0 Å². The molecule has 0 radical (unpaired) electrons. The zero-order chi connectivity index (χ0) is 17.5. The number of furan rings is 1. The van der Waals surface area contributed by atoms with Crippen molar-refractivity contribution in [2.45, 2.75) is 11.5 Å². The third-order valence-corrected chi connectivity index (χ3v) is 4.37. The molecule has 3 aromatic rings. The first-order valence-electron chi connectivity index (χ1n) is 6.47. The monoisotopic (exact) mass is 374 g/mol. The lowest BCUT2D eigenvalue weighted by Crippen LogP contribution is -1.93. The standard InChI is InChI=1S/C14H9ClF2N2O4S/c1-24(20,21)11-5-4-10(22-11)13-18-14(23-19-13)7-2-3-9(15)8(6-7)12(16)17/h2-6,12H,1H3. The molecule has 0 amide bonds. The Morgan fingerprint density at radius 3 is 2.58 bits per heavy atom. The van der Waals surface area contributed by atoms with Gasteiger partial charge in [-0.1, -0.05) is 16.8 Å². The van der Waals surface area contributed by atoms with Crippen molar-refractivity contribution < 1.29 is 26.1 Å². The van der Waals surface area contributed by atoms with Gasteiger partial charge in [0.2, 0.25) is 20.8 Å². The highest BCUT2D eigenvalue weighted by Gasteiger charge is 2.19. The molecule has 10 heteroatoms. The van der Waals surface area contributed by atoms with Crippen molar-refractivity contribution in [1.29, 1.82) is 0 Å². The van der Waals surface area contributed by atoms with Gasteiger partial charge in [0, 0.05) is 22.4 Å². The molecule has 2 aromatic heterocycles. The summed E-state index contributed by atoms with van der Waals surface area (Å²) in [6.07, 6.45) is -1.75. The fraction of sp³-hybridized carbons (Fsp3) is 0.143. The van der Waals surface area contributed by atoms with Crippen LogP contribution in [0.25, 0.3) is 23.0 Å². The summed E-state index contributed by atoms with van der Waals surface area (Å²) in [6.45, 7) is 0. The number of halogens is 3. The molecular formula is C14H9ClF2N2O4S. The fourth-order valence-electron chi connectivity index (χ4n) is 1.92. The molecule has 126 valence electrons. The van der Waals surface area contributed by atoms with E-state index in [0.29, 0.717) is 0 Å². The van der Waals surface area contributed by atoms with E-state index in [2.05, 4.69) is 10.1 Å². The van der Waals surface area contributed by atoms with Crippen molar-refractivity contribution in [3.8, 4) is 23.0 Å². The SMILES string of the molecule is CS(=O)(=O)c1ccc(-c2noc(-c3ccc(Cl)c(C(F)F)c3)n2)o1. The fourth-order valence-corrected chi connectivity index (χ4v) is 2.68. The van der Waals surface area contributed by atoms with Gasteiger partial charge in [-0.25, -0.2) is 17.2 Å². The van der Waals surface area contributed by atoms with Crippen molar-refractivity contribution in [2.24, 2.45) is 0 Å². The van der Waals surface area contributed by atoms with E-state index in [0.717, 1.165) is 12.3 Å². The first kappa shape index (κ1) is 16.6. The molecule has 0 unspecified atom stereocenters. The third-order valence-electron chi connectivity index (χ3n) is 3.07. The zero-order valence-electron chi connectivity index (χ0n) is 12.0. The predicted molar refractivity (Wildman–Crippen MR) is 80.5 cm³/mol. The van der Waals surface area contributed by atoms with E-state index in [9.17, 15) is 17.2 Å². The van der Waals surface area contributed by atoms with Crippen LogP contribution in [0.4, 0.5) is 8.78 Å². The van der Waals surface area contributed by atoms with Crippen LogP contribution < -0.4 is 0 Å². The van der Waals surface area contributed by atoms with Crippen LogP contribution >= 0.6 is 11.6 Å². The molecular weight excluding hydrogens is 366 g/mol. The van der Waals surface area contributed by atoms with Gasteiger partial charge in [0.15, 0.2) is 5.76 Å². The molecule has 0 atom stereocenters. The summed E-state index contributed by atoms with van der Waals surface area (Å²) in [4.78, 5) is 4.02. The summed E-state index contributed by atoms with van der Waals surface area (Å²) in [7, 11) is -3.51. The maximum atomic E-state index is 12.9. The molecule has 0 aliphatic rings. The second kappa shape index (κ2) is 5.99. The van der Waals surface area contributed by atoms with E-state index < -0.39 is 16.3 Å². The molecule has 6 nitrogen and oxygen atoms in total. The second-order valence-electron chi connectivity index (χ2n) is 4.85. The first-order chi connectivity index (χ1) is 11.3. The minimum absolute atomic E-state index is 0.00607. The summed E-state index contributed by atoms with van der Waals surface area (Å²) >= 11 is 5.71. The summed E-state index contributed by atoms with van der Waals surface area (Å²) in [6, 6.07) is 6.54. The van der Waals surface area contributed by atoms with Crippen molar-refractivity contribution in [2.75, 3.05) is 6.26 Å². The smallest absolute Gasteiger partial charge is 0.265 e. The van der Waals surface area contributed by atoms with Crippen LogP contribution in [-0.2, 0) is 9.84 Å². The largest absolute Gasteiger partial charge is 0.441 e. The average molecular weight is 375 g/mol. The van der Waals surface area contributed by atoms with Crippen LogP contribution in [-0.4, -0.2) is 24.8 Å². The molecule has 3 rings (SSSR count). The Balaban J connectivity index is 1.97. The normalized spacial score (nSPS) is 12.0. The van der Waals surface area contributed by atoms with Crippen molar-refractivity contribution in [3.05, 3.63) is 40.9 Å². The molecule has 24 heavy (non-hydrogen) atoms. The van der Waals surface area contributed by atoms with E-state index in [4.69, 9.17) is 20.5 Å². The lowest BCUT2D eigenvalue weighted by molar-refractivity contribution is 0.151. The molecule has 0 saturated heterocycles. The van der Waals surface area contributed by atoms with Crippen molar-refractivity contribution in [3.63, 3.8) is 0 Å². The number of rotatable bonds is 4. The lowest BCUT2D eigenvalue weighted by atomic mass is 10.1. The van der Waals surface area contributed by atoms with Gasteiger partial charge in [-0.15, -0.1) is 0 Å². The molecule has 0 fully saturated rings. The molecule has 0 aliphatic carbocycles. The highest BCUT2D eigenvalue weighted by Crippen LogP contribution is 2.32. The van der Waals surface area contributed by atoms with Crippen molar-refractivity contribution in [1.82, 2.24) is 10.1 Å². The number of sulfone groups is 1. The van der Waals surface area contributed by atoms with Gasteiger partial charge in [-0.2, -0.15) is 4.98 Å².